The molecular weight excluding hydrogens is 242 g/mol. The molecule has 1 N–H and O–H groups in total. The van der Waals surface area contributed by atoms with Crippen molar-refractivity contribution in [3.8, 4) is 0 Å². The number of hydrogen-bond donors (Lipinski definition) is 1. The van der Waals surface area contributed by atoms with Gasteiger partial charge in [0.15, 0.2) is 0 Å². The van der Waals surface area contributed by atoms with E-state index in [0.717, 1.165) is 12.8 Å². The van der Waals surface area contributed by atoms with E-state index in [0.29, 0.717) is 0 Å². The molecule has 104 valence electrons. The first-order chi connectivity index (χ1) is 9.18. The van der Waals surface area contributed by atoms with Crippen LogP contribution in [0.15, 0.2) is 23.1 Å². The summed E-state index contributed by atoms with van der Waals surface area (Å²) >= 11 is 0. The zero-order valence-corrected chi connectivity index (χ0v) is 11.3. The molecule has 0 aliphatic heterocycles. The maximum Gasteiger partial charge on any atom is 0.267 e. The molecule has 1 aromatic rings. The van der Waals surface area contributed by atoms with E-state index in [4.69, 9.17) is 0 Å². The normalized spacial score (nSPS) is 18.6. The summed E-state index contributed by atoms with van der Waals surface area (Å²) in [5, 5.41) is 7.00. The fourth-order valence-corrected chi connectivity index (χ4v) is 2.52. The van der Waals surface area contributed by atoms with Crippen LogP contribution in [0.5, 0.6) is 0 Å². The highest BCUT2D eigenvalue weighted by molar-refractivity contribution is 5.80. The minimum absolute atomic E-state index is 0.118. The SMILES string of the molecule is CC(C(=O)NC1CCCCCC1)n1ncccc1=O. The predicted molar refractivity (Wildman–Crippen MR) is 72.8 cm³/mol. The predicted octanol–water partition coefficient (Wildman–Crippen LogP) is 1.64. The van der Waals surface area contributed by atoms with E-state index in [1.807, 2.05) is 0 Å². The fourth-order valence-electron chi connectivity index (χ4n) is 2.52. The van der Waals surface area contributed by atoms with Gasteiger partial charge in [-0.2, -0.15) is 5.10 Å². The quantitative estimate of drug-likeness (QED) is 0.843. The Balaban J connectivity index is 1.99. The Bertz CT molecular complexity index is 476. The first-order valence-electron chi connectivity index (χ1n) is 7.02. The van der Waals surface area contributed by atoms with Crippen molar-refractivity contribution in [1.29, 1.82) is 0 Å². The summed E-state index contributed by atoms with van der Waals surface area (Å²) in [6, 6.07) is 2.69. The van der Waals surface area contributed by atoms with E-state index < -0.39 is 6.04 Å². The van der Waals surface area contributed by atoms with Gasteiger partial charge in [-0.05, 0) is 25.8 Å². The van der Waals surface area contributed by atoms with Gasteiger partial charge in [0.05, 0.1) is 0 Å². The minimum atomic E-state index is -0.558. The van der Waals surface area contributed by atoms with Crippen LogP contribution in [0.3, 0.4) is 0 Å². The van der Waals surface area contributed by atoms with E-state index in [9.17, 15) is 9.59 Å². The molecule has 1 aromatic heterocycles. The molecule has 2 rings (SSSR count). The second kappa shape index (κ2) is 6.50. The molecule has 1 amide bonds. The van der Waals surface area contributed by atoms with Crippen molar-refractivity contribution in [2.45, 2.75) is 57.5 Å². The van der Waals surface area contributed by atoms with Gasteiger partial charge in [-0.15, -0.1) is 0 Å². The third-order valence-electron chi connectivity index (χ3n) is 3.69. The smallest absolute Gasteiger partial charge is 0.267 e. The van der Waals surface area contributed by atoms with Crippen molar-refractivity contribution in [3.63, 3.8) is 0 Å². The monoisotopic (exact) mass is 263 g/mol. The topological polar surface area (TPSA) is 64.0 Å². The molecule has 19 heavy (non-hydrogen) atoms. The zero-order chi connectivity index (χ0) is 13.7. The molecular formula is C14H21N3O2. The maximum absolute atomic E-state index is 12.2. The third kappa shape index (κ3) is 3.66. The molecule has 0 radical (unpaired) electrons. The lowest BCUT2D eigenvalue weighted by molar-refractivity contribution is -0.125. The van der Waals surface area contributed by atoms with Gasteiger partial charge < -0.3 is 5.32 Å². The van der Waals surface area contributed by atoms with Gasteiger partial charge in [0.1, 0.15) is 6.04 Å². The summed E-state index contributed by atoms with van der Waals surface area (Å²) in [6.07, 6.45) is 8.44. The van der Waals surface area contributed by atoms with Gasteiger partial charge in [0, 0.05) is 18.3 Å². The van der Waals surface area contributed by atoms with Crippen molar-refractivity contribution in [1.82, 2.24) is 15.1 Å². The lowest BCUT2D eigenvalue weighted by Crippen LogP contribution is -2.41. The summed E-state index contributed by atoms with van der Waals surface area (Å²) in [5.41, 5.74) is -0.244. The van der Waals surface area contributed by atoms with Crippen LogP contribution in [0.2, 0.25) is 0 Å². The molecule has 1 unspecified atom stereocenters. The van der Waals surface area contributed by atoms with E-state index in [1.165, 1.54) is 42.6 Å². The Labute approximate surface area is 113 Å². The number of amides is 1. The van der Waals surface area contributed by atoms with E-state index in [-0.39, 0.29) is 17.5 Å². The van der Waals surface area contributed by atoms with Crippen molar-refractivity contribution >= 4 is 5.91 Å². The van der Waals surface area contributed by atoms with Crippen molar-refractivity contribution in [2.24, 2.45) is 0 Å². The van der Waals surface area contributed by atoms with Crippen molar-refractivity contribution in [3.05, 3.63) is 28.7 Å². The Hall–Kier alpha value is -1.65. The molecule has 1 fully saturated rings. The lowest BCUT2D eigenvalue weighted by atomic mass is 10.1. The molecule has 1 aliphatic carbocycles. The summed E-state index contributed by atoms with van der Waals surface area (Å²) in [7, 11) is 0. The minimum Gasteiger partial charge on any atom is -0.352 e. The molecule has 0 aromatic carbocycles. The number of carbonyl (C=O) groups excluding carboxylic acids is 1. The number of nitrogens with zero attached hydrogens (tertiary/aromatic N) is 2. The zero-order valence-electron chi connectivity index (χ0n) is 11.3. The molecule has 1 heterocycles. The van der Waals surface area contributed by atoms with Crippen LogP contribution >= 0.6 is 0 Å². The molecule has 5 heteroatoms. The van der Waals surface area contributed by atoms with Crippen LogP contribution in [0, 0.1) is 0 Å². The summed E-state index contributed by atoms with van der Waals surface area (Å²) < 4.78 is 1.23. The highest BCUT2D eigenvalue weighted by atomic mass is 16.2. The second-order valence-corrected chi connectivity index (χ2v) is 5.18. The number of hydrogen-bond acceptors (Lipinski definition) is 3. The molecule has 0 saturated heterocycles. The highest BCUT2D eigenvalue weighted by Gasteiger charge is 2.21. The Morgan fingerprint density at radius 1 is 1.37 bits per heavy atom. The maximum atomic E-state index is 12.2. The molecule has 1 aliphatic rings. The molecule has 1 atom stereocenters. The fraction of sp³-hybridized carbons (Fsp3) is 0.643. The Morgan fingerprint density at radius 3 is 2.68 bits per heavy atom. The van der Waals surface area contributed by atoms with Crippen molar-refractivity contribution in [2.75, 3.05) is 0 Å². The van der Waals surface area contributed by atoms with Gasteiger partial charge in [-0.25, -0.2) is 4.68 Å². The van der Waals surface area contributed by atoms with Crippen LogP contribution in [0.1, 0.15) is 51.5 Å². The third-order valence-corrected chi connectivity index (χ3v) is 3.69. The van der Waals surface area contributed by atoms with Crippen molar-refractivity contribution < 1.29 is 4.79 Å². The lowest BCUT2D eigenvalue weighted by Gasteiger charge is -2.19. The number of aromatic nitrogens is 2. The molecule has 1 saturated carbocycles. The summed E-state index contributed by atoms with van der Waals surface area (Å²) in [6.45, 7) is 1.71. The van der Waals surface area contributed by atoms with Crippen LogP contribution in [0.4, 0.5) is 0 Å². The highest BCUT2D eigenvalue weighted by Crippen LogP contribution is 2.17. The average molecular weight is 263 g/mol. The average Bonchev–Trinajstić information content (AvgIpc) is 2.67. The standard InChI is InChI=1S/C14H21N3O2/c1-11(17-13(18)9-6-10-15-17)14(19)16-12-7-4-2-3-5-8-12/h6,9-12H,2-5,7-8H2,1H3,(H,16,19). The molecule has 5 nitrogen and oxygen atoms in total. The van der Waals surface area contributed by atoms with Gasteiger partial charge >= 0.3 is 0 Å². The van der Waals surface area contributed by atoms with Gasteiger partial charge in [0.2, 0.25) is 5.91 Å². The van der Waals surface area contributed by atoms with E-state index in [2.05, 4.69) is 10.4 Å². The Kier molecular flexibility index (Phi) is 4.71. The van der Waals surface area contributed by atoms with Gasteiger partial charge in [-0.3, -0.25) is 9.59 Å². The number of nitrogens with one attached hydrogen (secondary N) is 1. The van der Waals surface area contributed by atoms with Crippen LogP contribution in [0.25, 0.3) is 0 Å². The second-order valence-electron chi connectivity index (χ2n) is 5.18. The van der Waals surface area contributed by atoms with Gasteiger partial charge in [0.25, 0.3) is 5.56 Å². The van der Waals surface area contributed by atoms with Gasteiger partial charge in [-0.1, -0.05) is 25.7 Å². The van der Waals surface area contributed by atoms with Crippen LogP contribution in [-0.2, 0) is 4.79 Å². The van der Waals surface area contributed by atoms with Crippen LogP contribution < -0.4 is 10.9 Å². The summed E-state index contributed by atoms with van der Waals surface area (Å²) in [5.74, 6) is -0.118. The molecule has 0 bridgehead atoms. The first kappa shape index (κ1) is 13.8. The summed E-state index contributed by atoms with van der Waals surface area (Å²) in [4.78, 5) is 23.8. The van der Waals surface area contributed by atoms with E-state index in [1.54, 1.807) is 13.0 Å². The number of rotatable bonds is 3. The Morgan fingerprint density at radius 2 is 2.05 bits per heavy atom. The molecule has 0 spiro atoms. The largest absolute Gasteiger partial charge is 0.352 e. The van der Waals surface area contributed by atoms with Crippen LogP contribution in [-0.4, -0.2) is 21.7 Å². The number of carbonyl (C=O) groups is 1. The first-order valence-corrected chi connectivity index (χ1v) is 7.02. The van der Waals surface area contributed by atoms with E-state index >= 15 is 0 Å².